The Morgan fingerprint density at radius 2 is 2.04 bits per heavy atom. The van der Waals surface area contributed by atoms with Crippen molar-refractivity contribution in [3.63, 3.8) is 0 Å². The second kappa shape index (κ2) is 7.44. The molecule has 1 aliphatic heterocycles. The van der Waals surface area contributed by atoms with Gasteiger partial charge in [0.1, 0.15) is 0 Å². The molecule has 0 unspecified atom stereocenters. The topological polar surface area (TPSA) is 103 Å². The van der Waals surface area contributed by atoms with Gasteiger partial charge in [0.25, 0.3) is 5.91 Å². The Morgan fingerprint density at radius 3 is 2.80 bits per heavy atom. The van der Waals surface area contributed by atoms with Crippen molar-refractivity contribution in [1.82, 2.24) is 25.5 Å². The lowest BCUT2D eigenvalue weighted by molar-refractivity contribution is -0.127. The van der Waals surface area contributed by atoms with Gasteiger partial charge in [-0.05, 0) is 19.1 Å². The monoisotopic (exact) mass is 363 g/mol. The number of pyridine rings is 1. The number of amides is 1. The molecule has 3 N–H and O–H groups in total. The summed E-state index contributed by atoms with van der Waals surface area (Å²) in [5.41, 5.74) is 2.75. The average molecular weight is 363 g/mol. The number of hydrazine groups is 1. The molecule has 9 heteroatoms. The van der Waals surface area contributed by atoms with Crippen molar-refractivity contribution in [2.75, 3.05) is 26.2 Å². The Morgan fingerprint density at radius 1 is 1.28 bits per heavy atom. The number of piperazine rings is 1. The van der Waals surface area contributed by atoms with Crippen molar-refractivity contribution in [3.8, 4) is 0 Å². The number of carbonyl (C=O) groups excluding carboxylic acids is 1. The SMILES string of the molecule is C[C@H](NS(=O)(=O)c1cccc2cnccc12)C(=O)NN1CCNCC1. The molecule has 1 atom stereocenters. The number of hydrogen-bond donors (Lipinski definition) is 3. The van der Waals surface area contributed by atoms with Crippen LogP contribution in [0.1, 0.15) is 6.92 Å². The van der Waals surface area contributed by atoms with E-state index in [4.69, 9.17) is 0 Å². The van der Waals surface area contributed by atoms with Gasteiger partial charge in [-0.1, -0.05) is 12.1 Å². The number of hydrogen-bond acceptors (Lipinski definition) is 6. The Kier molecular flexibility index (Phi) is 5.28. The molecule has 1 aromatic heterocycles. The van der Waals surface area contributed by atoms with E-state index in [2.05, 4.69) is 20.4 Å². The van der Waals surface area contributed by atoms with Crippen LogP contribution in [-0.2, 0) is 14.8 Å². The van der Waals surface area contributed by atoms with Crippen LogP contribution >= 0.6 is 0 Å². The molecule has 0 aliphatic carbocycles. The predicted molar refractivity (Wildman–Crippen MR) is 94.1 cm³/mol. The van der Waals surface area contributed by atoms with E-state index in [-0.39, 0.29) is 10.8 Å². The summed E-state index contributed by atoms with van der Waals surface area (Å²) in [6.07, 6.45) is 3.15. The minimum atomic E-state index is -3.84. The van der Waals surface area contributed by atoms with Gasteiger partial charge in [-0.3, -0.25) is 15.2 Å². The van der Waals surface area contributed by atoms with Crippen LogP contribution in [0.25, 0.3) is 10.8 Å². The van der Waals surface area contributed by atoms with E-state index >= 15 is 0 Å². The zero-order valence-electron chi connectivity index (χ0n) is 13.9. The van der Waals surface area contributed by atoms with Gasteiger partial charge < -0.3 is 5.32 Å². The van der Waals surface area contributed by atoms with Gasteiger partial charge in [-0.25, -0.2) is 13.4 Å². The van der Waals surface area contributed by atoms with Gasteiger partial charge in [0, 0.05) is 49.3 Å². The molecular formula is C16H21N5O3S. The van der Waals surface area contributed by atoms with Crippen molar-refractivity contribution >= 4 is 26.7 Å². The van der Waals surface area contributed by atoms with Crippen LogP contribution in [-0.4, -0.2) is 56.5 Å². The highest BCUT2D eigenvalue weighted by Crippen LogP contribution is 2.22. The normalized spacial score (nSPS) is 17.3. The summed E-state index contributed by atoms with van der Waals surface area (Å²) in [6.45, 7) is 4.46. The van der Waals surface area contributed by atoms with Crippen LogP contribution in [0.5, 0.6) is 0 Å². The number of sulfonamides is 1. The Hall–Kier alpha value is -2.07. The van der Waals surface area contributed by atoms with Gasteiger partial charge in [0.15, 0.2) is 0 Å². The zero-order chi connectivity index (χ0) is 17.9. The van der Waals surface area contributed by atoms with Gasteiger partial charge in [-0.15, -0.1) is 0 Å². The lowest BCUT2D eigenvalue weighted by Gasteiger charge is -2.28. The molecule has 0 saturated carbocycles. The maximum Gasteiger partial charge on any atom is 0.252 e. The van der Waals surface area contributed by atoms with Crippen LogP contribution in [0.2, 0.25) is 0 Å². The van der Waals surface area contributed by atoms with E-state index in [9.17, 15) is 13.2 Å². The first-order valence-electron chi connectivity index (χ1n) is 8.08. The van der Waals surface area contributed by atoms with Crippen LogP contribution in [0.3, 0.4) is 0 Å². The smallest absolute Gasteiger partial charge is 0.252 e. The van der Waals surface area contributed by atoms with E-state index < -0.39 is 16.1 Å². The fourth-order valence-electron chi connectivity index (χ4n) is 2.71. The van der Waals surface area contributed by atoms with Crippen LogP contribution in [0.4, 0.5) is 0 Å². The summed E-state index contributed by atoms with van der Waals surface area (Å²) in [4.78, 5) is 16.4. The summed E-state index contributed by atoms with van der Waals surface area (Å²) in [5, 5.41) is 6.26. The van der Waals surface area contributed by atoms with Crippen molar-refractivity contribution in [2.24, 2.45) is 0 Å². The Bertz CT molecular complexity index is 860. The number of aromatic nitrogens is 1. The van der Waals surface area contributed by atoms with E-state index in [0.29, 0.717) is 18.5 Å². The number of nitrogens with one attached hydrogen (secondary N) is 3. The molecule has 8 nitrogen and oxygen atoms in total. The number of carbonyl (C=O) groups is 1. The minimum absolute atomic E-state index is 0.134. The molecule has 1 fully saturated rings. The third-order valence-electron chi connectivity index (χ3n) is 4.04. The van der Waals surface area contributed by atoms with Crippen molar-refractivity contribution in [2.45, 2.75) is 17.9 Å². The van der Waals surface area contributed by atoms with E-state index in [0.717, 1.165) is 18.5 Å². The quantitative estimate of drug-likeness (QED) is 0.682. The molecule has 25 heavy (non-hydrogen) atoms. The summed E-state index contributed by atoms with van der Waals surface area (Å²) in [7, 11) is -3.84. The van der Waals surface area contributed by atoms with E-state index in [1.807, 2.05) is 0 Å². The highest BCUT2D eigenvalue weighted by Gasteiger charge is 2.25. The second-order valence-electron chi connectivity index (χ2n) is 5.91. The summed E-state index contributed by atoms with van der Waals surface area (Å²) in [6, 6.07) is 5.73. The van der Waals surface area contributed by atoms with Gasteiger partial charge in [0.2, 0.25) is 10.0 Å². The Balaban J connectivity index is 1.74. The number of fused-ring (bicyclic) bond motifs is 1. The molecule has 0 radical (unpaired) electrons. The molecule has 2 heterocycles. The predicted octanol–water partition coefficient (Wildman–Crippen LogP) is -0.162. The number of nitrogens with zero attached hydrogens (tertiary/aromatic N) is 2. The fraction of sp³-hybridized carbons (Fsp3) is 0.375. The molecule has 3 rings (SSSR count). The molecule has 1 amide bonds. The lowest BCUT2D eigenvalue weighted by atomic mass is 10.2. The third kappa shape index (κ3) is 4.13. The lowest BCUT2D eigenvalue weighted by Crippen LogP contribution is -2.56. The highest BCUT2D eigenvalue weighted by atomic mass is 32.2. The molecule has 1 aromatic carbocycles. The molecule has 134 valence electrons. The van der Waals surface area contributed by atoms with E-state index in [1.54, 1.807) is 35.6 Å². The minimum Gasteiger partial charge on any atom is -0.314 e. The fourth-order valence-corrected chi connectivity index (χ4v) is 4.14. The maximum absolute atomic E-state index is 12.7. The summed E-state index contributed by atoms with van der Waals surface area (Å²) >= 11 is 0. The van der Waals surface area contributed by atoms with Gasteiger partial charge in [-0.2, -0.15) is 4.72 Å². The number of rotatable bonds is 5. The largest absolute Gasteiger partial charge is 0.314 e. The summed E-state index contributed by atoms with van der Waals surface area (Å²) < 4.78 is 27.9. The van der Waals surface area contributed by atoms with Crippen LogP contribution in [0, 0.1) is 0 Å². The molecular weight excluding hydrogens is 342 g/mol. The standard InChI is InChI=1S/C16H21N5O3S/c1-12(16(22)19-21-9-7-17-8-10-21)20-25(23,24)15-4-2-3-13-11-18-6-5-14(13)15/h2-6,11-12,17,20H,7-10H2,1H3,(H,19,22)/t12-/m0/s1. The van der Waals surface area contributed by atoms with Gasteiger partial charge in [0.05, 0.1) is 10.9 Å². The zero-order valence-corrected chi connectivity index (χ0v) is 14.7. The first-order valence-corrected chi connectivity index (χ1v) is 9.57. The molecule has 1 aliphatic rings. The number of benzene rings is 1. The van der Waals surface area contributed by atoms with Gasteiger partial charge >= 0.3 is 0 Å². The van der Waals surface area contributed by atoms with Crippen LogP contribution < -0.4 is 15.5 Å². The van der Waals surface area contributed by atoms with E-state index in [1.165, 1.54) is 13.0 Å². The third-order valence-corrected chi connectivity index (χ3v) is 5.64. The summed E-state index contributed by atoms with van der Waals surface area (Å²) in [5.74, 6) is -0.382. The van der Waals surface area contributed by atoms with Crippen LogP contribution in [0.15, 0.2) is 41.6 Å². The van der Waals surface area contributed by atoms with Crippen molar-refractivity contribution in [3.05, 3.63) is 36.7 Å². The van der Waals surface area contributed by atoms with Crippen molar-refractivity contribution in [1.29, 1.82) is 0 Å². The highest BCUT2D eigenvalue weighted by molar-refractivity contribution is 7.89. The molecule has 0 spiro atoms. The second-order valence-corrected chi connectivity index (χ2v) is 7.59. The first kappa shape index (κ1) is 17.7. The molecule has 2 aromatic rings. The van der Waals surface area contributed by atoms with Crippen molar-refractivity contribution < 1.29 is 13.2 Å². The molecule has 0 bridgehead atoms. The average Bonchev–Trinajstić information content (AvgIpc) is 2.61. The Labute approximate surface area is 146 Å². The molecule has 1 saturated heterocycles. The first-order chi connectivity index (χ1) is 12.0. The maximum atomic E-state index is 12.7.